The van der Waals surface area contributed by atoms with E-state index >= 15 is 0 Å². The fourth-order valence-electron chi connectivity index (χ4n) is 13.0. The average Bonchev–Trinajstić information content (AvgIpc) is 0.912. The van der Waals surface area contributed by atoms with Crippen LogP contribution in [0.25, 0.3) is 0 Å². The summed E-state index contributed by atoms with van der Waals surface area (Å²) in [5, 5.41) is 10.7. The Morgan fingerprint density at radius 1 is 0.282 bits per heavy atom. The molecule has 3 N–H and O–H groups in total. The van der Waals surface area contributed by atoms with Gasteiger partial charge >= 0.3 is 39.5 Å². The number of esters is 4. The molecule has 17 nitrogen and oxygen atoms in total. The van der Waals surface area contributed by atoms with E-state index in [-0.39, 0.29) is 25.7 Å². The Labute approximate surface area is 632 Å². The molecule has 0 heterocycles. The van der Waals surface area contributed by atoms with E-state index < -0.39 is 97.5 Å². The van der Waals surface area contributed by atoms with Gasteiger partial charge in [-0.2, -0.15) is 0 Å². The summed E-state index contributed by atoms with van der Waals surface area (Å²) in [5.41, 5.74) is 0. The fraction of sp³-hybridized carbons (Fsp3) is 0.952. The lowest BCUT2D eigenvalue weighted by Gasteiger charge is -2.21. The molecule has 0 rings (SSSR count). The van der Waals surface area contributed by atoms with E-state index in [9.17, 15) is 43.2 Å². The van der Waals surface area contributed by atoms with Crippen LogP contribution in [0.3, 0.4) is 0 Å². The Morgan fingerprint density at radius 3 is 0.738 bits per heavy atom. The third-order valence-electron chi connectivity index (χ3n) is 20.1. The summed E-state index contributed by atoms with van der Waals surface area (Å²) >= 11 is 0. The lowest BCUT2D eigenvalue weighted by Crippen LogP contribution is -2.30. The zero-order chi connectivity index (χ0) is 75.6. The number of hydrogen-bond donors (Lipinski definition) is 3. The third kappa shape index (κ3) is 76.6. The van der Waals surface area contributed by atoms with Crippen molar-refractivity contribution in [2.24, 2.45) is 11.8 Å². The van der Waals surface area contributed by atoms with E-state index in [4.69, 9.17) is 37.0 Å². The number of unbranched alkanes of at least 4 members (excludes halogenated alkanes) is 52. The van der Waals surface area contributed by atoms with Crippen LogP contribution in [0, 0.1) is 11.8 Å². The van der Waals surface area contributed by atoms with Gasteiger partial charge in [0.2, 0.25) is 0 Å². The van der Waals surface area contributed by atoms with Gasteiger partial charge in [0.1, 0.15) is 19.3 Å². The highest BCUT2D eigenvalue weighted by atomic mass is 31.2. The van der Waals surface area contributed by atoms with Crippen LogP contribution >= 0.6 is 15.6 Å². The number of ether oxygens (including phenoxy) is 4. The predicted molar refractivity (Wildman–Crippen MR) is 423 cm³/mol. The van der Waals surface area contributed by atoms with Crippen LogP contribution < -0.4 is 0 Å². The molecule has 0 amide bonds. The molecule has 0 aliphatic carbocycles. The van der Waals surface area contributed by atoms with Crippen molar-refractivity contribution in [3.05, 3.63) is 0 Å². The number of aliphatic hydroxyl groups excluding tert-OH is 1. The van der Waals surface area contributed by atoms with E-state index in [1.54, 1.807) is 0 Å². The standard InChI is InChI=1S/C84H164O17P2/c1-7-10-12-14-16-18-20-22-24-26-27-28-30-32-34-36-43-50-56-62-68-83(88)100-79(72-94-81(86)66-60-54-48-42-35-33-31-29-25-23-21-19-17-15-13-11-8-2)74-98-102(90,91)96-70-78(85)71-97-103(92,93)99-75-80(73-95-82(87)67-61-55-49-45-39-40-46-52-58-64-76(4)5)101-84(89)69-63-57-51-44-38-37-41-47-53-59-65-77(6)9-3/h76-80,85H,7-75H2,1-6H3,(H,90,91)(H,92,93)/t77?,78-,79-,80-/m1/s1. The monoisotopic (exact) mass is 1510 g/mol. The number of hydrogen-bond acceptors (Lipinski definition) is 15. The minimum atomic E-state index is -4.96. The third-order valence-corrected chi connectivity index (χ3v) is 22.0. The maximum Gasteiger partial charge on any atom is 0.472 e. The van der Waals surface area contributed by atoms with Crippen molar-refractivity contribution in [1.82, 2.24) is 0 Å². The quantitative estimate of drug-likeness (QED) is 0.0222. The van der Waals surface area contributed by atoms with Gasteiger partial charge < -0.3 is 33.8 Å². The Kier molecular flexibility index (Phi) is 74.1. The molecule has 0 fully saturated rings. The molecule has 0 aromatic rings. The van der Waals surface area contributed by atoms with Gasteiger partial charge in [-0.05, 0) is 37.5 Å². The first-order chi connectivity index (χ1) is 49.9. The van der Waals surface area contributed by atoms with Crippen LogP contribution in [0.5, 0.6) is 0 Å². The van der Waals surface area contributed by atoms with Crippen molar-refractivity contribution >= 4 is 39.5 Å². The molecule has 0 radical (unpaired) electrons. The molecule has 19 heteroatoms. The first kappa shape index (κ1) is 101. The molecule has 0 aromatic heterocycles. The Bertz CT molecular complexity index is 1980. The lowest BCUT2D eigenvalue weighted by atomic mass is 9.99. The molecular formula is C84H164O17P2. The summed E-state index contributed by atoms with van der Waals surface area (Å²) in [6.07, 6.45) is 66.6. The van der Waals surface area contributed by atoms with E-state index in [0.717, 1.165) is 102 Å². The van der Waals surface area contributed by atoms with Crippen molar-refractivity contribution < 1.29 is 80.2 Å². The highest BCUT2D eigenvalue weighted by Crippen LogP contribution is 2.45. The van der Waals surface area contributed by atoms with Gasteiger partial charge in [-0.15, -0.1) is 0 Å². The zero-order valence-corrected chi connectivity index (χ0v) is 69.4. The highest BCUT2D eigenvalue weighted by molar-refractivity contribution is 7.47. The molecule has 0 aromatic carbocycles. The summed E-state index contributed by atoms with van der Waals surface area (Å²) in [4.78, 5) is 73.2. The number of rotatable bonds is 83. The summed E-state index contributed by atoms with van der Waals surface area (Å²) in [6.45, 7) is 9.66. The van der Waals surface area contributed by atoms with Crippen LogP contribution in [-0.2, 0) is 65.4 Å². The molecule has 0 aliphatic rings. The molecule has 0 spiro atoms. The Hall–Kier alpha value is -1.94. The molecule has 0 aliphatic heterocycles. The van der Waals surface area contributed by atoms with Crippen molar-refractivity contribution in [2.75, 3.05) is 39.6 Å². The maximum absolute atomic E-state index is 13.1. The molecular weight excluding hydrogens is 1340 g/mol. The smallest absolute Gasteiger partial charge is 0.462 e. The zero-order valence-electron chi connectivity index (χ0n) is 67.6. The molecule has 0 bridgehead atoms. The largest absolute Gasteiger partial charge is 0.472 e. The van der Waals surface area contributed by atoms with Crippen molar-refractivity contribution in [3.63, 3.8) is 0 Å². The lowest BCUT2D eigenvalue weighted by molar-refractivity contribution is -0.161. The Balaban J connectivity index is 5.25. The first-order valence-corrected chi connectivity index (χ1v) is 46.5. The number of phosphoric ester groups is 2. The van der Waals surface area contributed by atoms with Crippen LogP contribution in [0.1, 0.15) is 446 Å². The van der Waals surface area contributed by atoms with Crippen LogP contribution in [0.4, 0.5) is 0 Å². The van der Waals surface area contributed by atoms with Crippen LogP contribution in [0.2, 0.25) is 0 Å². The summed E-state index contributed by atoms with van der Waals surface area (Å²) < 4.78 is 68.9. The highest BCUT2D eigenvalue weighted by Gasteiger charge is 2.30. The topological polar surface area (TPSA) is 237 Å². The minimum Gasteiger partial charge on any atom is -0.462 e. The van der Waals surface area contributed by atoms with Crippen molar-refractivity contribution in [1.29, 1.82) is 0 Å². The summed E-state index contributed by atoms with van der Waals surface area (Å²) in [6, 6.07) is 0. The summed E-state index contributed by atoms with van der Waals surface area (Å²) in [5.74, 6) is -0.558. The fourth-order valence-corrected chi connectivity index (χ4v) is 14.6. The molecule has 3 unspecified atom stereocenters. The van der Waals surface area contributed by atoms with Crippen molar-refractivity contribution in [2.45, 2.75) is 464 Å². The van der Waals surface area contributed by atoms with E-state index in [1.165, 1.54) is 263 Å². The molecule has 612 valence electrons. The first-order valence-electron chi connectivity index (χ1n) is 43.5. The van der Waals surface area contributed by atoms with E-state index in [0.29, 0.717) is 25.7 Å². The van der Waals surface area contributed by atoms with Gasteiger partial charge in [0.15, 0.2) is 12.2 Å². The maximum atomic E-state index is 13.1. The van der Waals surface area contributed by atoms with Gasteiger partial charge in [0, 0.05) is 25.7 Å². The normalized spacial score (nSPS) is 14.1. The minimum absolute atomic E-state index is 0.106. The van der Waals surface area contributed by atoms with Gasteiger partial charge in [-0.1, -0.05) is 395 Å². The second-order valence-electron chi connectivity index (χ2n) is 30.9. The molecule has 0 saturated carbocycles. The predicted octanol–water partition coefficient (Wildman–Crippen LogP) is 25.5. The van der Waals surface area contributed by atoms with Crippen LogP contribution in [-0.4, -0.2) is 96.7 Å². The molecule has 6 atom stereocenters. The number of phosphoric acid groups is 2. The van der Waals surface area contributed by atoms with E-state index in [2.05, 4.69) is 41.5 Å². The number of aliphatic hydroxyl groups is 1. The number of carbonyl (C=O) groups is 4. The Morgan fingerprint density at radius 2 is 0.495 bits per heavy atom. The van der Waals surface area contributed by atoms with Gasteiger partial charge in [-0.25, -0.2) is 9.13 Å². The SMILES string of the molecule is CCCCCCCCCCCCCCCCCCCCCCC(=O)O[C@H](COC(=O)CCCCCCCCCCCCCCCCCCC)COP(=O)(O)OC[C@@H](O)COP(=O)(O)OC[C@@H](COC(=O)CCCCCCCCCCCC(C)C)OC(=O)CCCCCCCCCCCCC(C)CC. The summed E-state index contributed by atoms with van der Waals surface area (Å²) in [7, 11) is -9.93. The number of carbonyl (C=O) groups excluding carboxylic acids is 4. The van der Waals surface area contributed by atoms with E-state index in [1.807, 2.05) is 0 Å². The van der Waals surface area contributed by atoms with Gasteiger partial charge in [0.05, 0.1) is 26.4 Å². The van der Waals surface area contributed by atoms with Gasteiger partial charge in [-0.3, -0.25) is 37.3 Å². The second-order valence-corrected chi connectivity index (χ2v) is 33.8. The second kappa shape index (κ2) is 75.5. The van der Waals surface area contributed by atoms with Gasteiger partial charge in [0.25, 0.3) is 0 Å². The van der Waals surface area contributed by atoms with Crippen LogP contribution in [0.15, 0.2) is 0 Å². The molecule has 103 heavy (non-hydrogen) atoms. The van der Waals surface area contributed by atoms with Crippen molar-refractivity contribution in [3.8, 4) is 0 Å². The average molecular weight is 1510 g/mol. The molecule has 0 saturated heterocycles.